The van der Waals surface area contributed by atoms with Gasteiger partial charge in [0, 0.05) is 12.1 Å². The molecule has 0 aliphatic heterocycles. The van der Waals surface area contributed by atoms with E-state index in [1.807, 2.05) is 0 Å². The van der Waals surface area contributed by atoms with E-state index >= 15 is 0 Å². The van der Waals surface area contributed by atoms with E-state index in [2.05, 4.69) is 10.6 Å². The predicted octanol–water partition coefficient (Wildman–Crippen LogP) is 1.82. The first kappa shape index (κ1) is 11.5. The van der Waals surface area contributed by atoms with E-state index in [0.29, 0.717) is 18.6 Å². The molecular weight excluding hydrogens is 212 g/mol. The Bertz CT molecular complexity index is 286. The highest BCUT2D eigenvalue weighted by Gasteiger charge is 2.39. The zero-order chi connectivity index (χ0) is 11.7. The van der Waals surface area contributed by atoms with Gasteiger partial charge in [-0.25, -0.2) is 0 Å². The third kappa shape index (κ3) is 2.65. The molecule has 3 saturated carbocycles. The Hall–Kier alpha value is -0.570. The normalized spacial score (nSPS) is 36.6. The van der Waals surface area contributed by atoms with Gasteiger partial charge < -0.3 is 10.6 Å². The zero-order valence-corrected chi connectivity index (χ0v) is 10.6. The van der Waals surface area contributed by atoms with Crippen LogP contribution in [0.3, 0.4) is 0 Å². The van der Waals surface area contributed by atoms with E-state index in [1.165, 1.54) is 51.4 Å². The number of hydrogen-bond acceptors (Lipinski definition) is 2. The SMILES string of the molecule is O=C(CNC1CCCC1)NC1CC2CCC1C2. The highest BCUT2D eigenvalue weighted by molar-refractivity contribution is 5.78. The van der Waals surface area contributed by atoms with Crippen LogP contribution >= 0.6 is 0 Å². The molecule has 0 spiro atoms. The molecule has 3 atom stereocenters. The molecule has 3 unspecified atom stereocenters. The lowest BCUT2D eigenvalue weighted by Gasteiger charge is -2.23. The second-order valence-electron chi connectivity index (χ2n) is 6.21. The predicted molar refractivity (Wildman–Crippen MR) is 67.6 cm³/mol. The number of carbonyl (C=O) groups is 1. The van der Waals surface area contributed by atoms with Crippen LogP contribution in [0.1, 0.15) is 51.4 Å². The van der Waals surface area contributed by atoms with Crippen molar-refractivity contribution in [3.63, 3.8) is 0 Å². The molecule has 17 heavy (non-hydrogen) atoms. The Morgan fingerprint density at radius 3 is 2.53 bits per heavy atom. The van der Waals surface area contributed by atoms with E-state index in [-0.39, 0.29) is 5.91 Å². The van der Waals surface area contributed by atoms with Gasteiger partial charge in [0.05, 0.1) is 6.54 Å². The van der Waals surface area contributed by atoms with Crippen LogP contribution in [-0.4, -0.2) is 24.5 Å². The van der Waals surface area contributed by atoms with E-state index in [4.69, 9.17) is 0 Å². The van der Waals surface area contributed by atoms with Gasteiger partial charge in [-0.3, -0.25) is 4.79 Å². The molecule has 3 aliphatic carbocycles. The maximum atomic E-state index is 11.9. The van der Waals surface area contributed by atoms with Gasteiger partial charge in [-0.1, -0.05) is 19.3 Å². The van der Waals surface area contributed by atoms with Crippen LogP contribution in [0.2, 0.25) is 0 Å². The maximum Gasteiger partial charge on any atom is 0.234 e. The van der Waals surface area contributed by atoms with Gasteiger partial charge in [0.25, 0.3) is 0 Å². The zero-order valence-electron chi connectivity index (χ0n) is 10.6. The highest BCUT2D eigenvalue weighted by Crippen LogP contribution is 2.44. The van der Waals surface area contributed by atoms with Crippen molar-refractivity contribution < 1.29 is 4.79 Å². The second kappa shape index (κ2) is 4.97. The van der Waals surface area contributed by atoms with Crippen molar-refractivity contribution >= 4 is 5.91 Å². The summed E-state index contributed by atoms with van der Waals surface area (Å²) < 4.78 is 0. The van der Waals surface area contributed by atoms with E-state index < -0.39 is 0 Å². The Kier molecular flexibility index (Phi) is 3.37. The molecule has 3 heteroatoms. The molecule has 96 valence electrons. The van der Waals surface area contributed by atoms with Crippen molar-refractivity contribution in [3.05, 3.63) is 0 Å². The Morgan fingerprint density at radius 2 is 1.88 bits per heavy atom. The van der Waals surface area contributed by atoms with Crippen molar-refractivity contribution in [1.82, 2.24) is 10.6 Å². The first-order valence-electron chi connectivity index (χ1n) is 7.34. The van der Waals surface area contributed by atoms with Crippen molar-refractivity contribution in [3.8, 4) is 0 Å². The third-order valence-corrected chi connectivity index (χ3v) is 4.99. The summed E-state index contributed by atoms with van der Waals surface area (Å²) in [7, 11) is 0. The van der Waals surface area contributed by atoms with Crippen LogP contribution in [0.15, 0.2) is 0 Å². The molecule has 0 aromatic heterocycles. The average molecular weight is 236 g/mol. The number of hydrogen-bond donors (Lipinski definition) is 2. The quantitative estimate of drug-likeness (QED) is 0.782. The molecular formula is C14H24N2O. The molecule has 2 bridgehead atoms. The minimum Gasteiger partial charge on any atom is -0.352 e. The van der Waals surface area contributed by atoms with Gasteiger partial charge in [0.1, 0.15) is 0 Å². The molecule has 3 fully saturated rings. The number of fused-ring (bicyclic) bond motifs is 2. The molecule has 0 heterocycles. The molecule has 1 amide bonds. The Morgan fingerprint density at radius 1 is 1.06 bits per heavy atom. The lowest BCUT2D eigenvalue weighted by Crippen LogP contribution is -2.44. The van der Waals surface area contributed by atoms with Crippen LogP contribution in [0.25, 0.3) is 0 Å². The highest BCUT2D eigenvalue weighted by atomic mass is 16.2. The standard InChI is InChI=1S/C14H24N2O/c17-14(9-15-12-3-1-2-4-12)16-13-8-10-5-6-11(13)7-10/h10-13,15H,1-9H2,(H,16,17). The van der Waals surface area contributed by atoms with Gasteiger partial charge in [0.2, 0.25) is 5.91 Å². The van der Waals surface area contributed by atoms with Crippen LogP contribution in [-0.2, 0) is 4.79 Å². The summed E-state index contributed by atoms with van der Waals surface area (Å²) in [5, 5.41) is 6.62. The van der Waals surface area contributed by atoms with Gasteiger partial charge in [-0.15, -0.1) is 0 Å². The number of nitrogens with one attached hydrogen (secondary N) is 2. The van der Waals surface area contributed by atoms with Crippen LogP contribution in [0.4, 0.5) is 0 Å². The van der Waals surface area contributed by atoms with Crippen molar-refractivity contribution in [2.24, 2.45) is 11.8 Å². The Labute approximate surface area is 104 Å². The van der Waals surface area contributed by atoms with Crippen LogP contribution in [0.5, 0.6) is 0 Å². The fraction of sp³-hybridized carbons (Fsp3) is 0.929. The topological polar surface area (TPSA) is 41.1 Å². The molecule has 3 nitrogen and oxygen atoms in total. The molecule has 2 N–H and O–H groups in total. The van der Waals surface area contributed by atoms with Gasteiger partial charge in [-0.05, 0) is 43.9 Å². The Balaban J connectivity index is 1.38. The molecule has 0 radical (unpaired) electrons. The molecule has 3 aliphatic rings. The largest absolute Gasteiger partial charge is 0.352 e. The van der Waals surface area contributed by atoms with Gasteiger partial charge >= 0.3 is 0 Å². The minimum atomic E-state index is 0.217. The minimum absolute atomic E-state index is 0.217. The maximum absolute atomic E-state index is 11.9. The first-order chi connectivity index (χ1) is 8.31. The van der Waals surface area contributed by atoms with E-state index in [0.717, 1.165) is 11.8 Å². The summed E-state index contributed by atoms with van der Waals surface area (Å²) in [5.41, 5.74) is 0. The van der Waals surface area contributed by atoms with Crippen molar-refractivity contribution in [2.45, 2.75) is 63.5 Å². The summed E-state index contributed by atoms with van der Waals surface area (Å²) in [5.74, 6) is 1.91. The first-order valence-corrected chi connectivity index (χ1v) is 7.34. The summed E-state index contributed by atoms with van der Waals surface area (Å²) in [4.78, 5) is 11.9. The van der Waals surface area contributed by atoms with Gasteiger partial charge in [-0.2, -0.15) is 0 Å². The summed E-state index contributed by atoms with van der Waals surface area (Å²) in [6.07, 6.45) is 10.5. The number of carbonyl (C=O) groups excluding carboxylic acids is 1. The molecule has 0 saturated heterocycles. The van der Waals surface area contributed by atoms with Crippen molar-refractivity contribution in [1.29, 1.82) is 0 Å². The van der Waals surface area contributed by atoms with E-state index in [1.54, 1.807) is 0 Å². The molecule has 0 aromatic rings. The van der Waals surface area contributed by atoms with Crippen LogP contribution in [0, 0.1) is 11.8 Å². The lowest BCUT2D eigenvalue weighted by molar-refractivity contribution is -0.121. The summed E-state index contributed by atoms with van der Waals surface area (Å²) in [6, 6.07) is 1.09. The summed E-state index contributed by atoms with van der Waals surface area (Å²) >= 11 is 0. The second-order valence-corrected chi connectivity index (χ2v) is 6.21. The summed E-state index contributed by atoms with van der Waals surface area (Å²) in [6.45, 7) is 0.526. The fourth-order valence-electron chi connectivity index (χ4n) is 4.05. The lowest BCUT2D eigenvalue weighted by atomic mass is 9.95. The number of amides is 1. The van der Waals surface area contributed by atoms with Crippen molar-refractivity contribution in [2.75, 3.05) is 6.54 Å². The fourth-order valence-corrected chi connectivity index (χ4v) is 4.05. The number of rotatable bonds is 4. The smallest absolute Gasteiger partial charge is 0.234 e. The average Bonchev–Trinajstić information content (AvgIpc) is 3.03. The monoisotopic (exact) mass is 236 g/mol. The van der Waals surface area contributed by atoms with Gasteiger partial charge in [0.15, 0.2) is 0 Å². The van der Waals surface area contributed by atoms with Crippen LogP contribution < -0.4 is 10.6 Å². The molecule has 0 aromatic carbocycles. The molecule has 3 rings (SSSR count). The third-order valence-electron chi connectivity index (χ3n) is 4.99. The van der Waals surface area contributed by atoms with E-state index in [9.17, 15) is 4.79 Å².